The number of carbonyl (C=O) groups is 2. The average molecular weight is 627 g/mol. The first-order chi connectivity index (χ1) is 22.1. The zero-order valence-electron chi connectivity index (χ0n) is 29.4. The Hall–Kier alpha value is -2.36. The maximum Gasteiger partial charge on any atom is 0.306 e. The van der Waals surface area contributed by atoms with Crippen molar-refractivity contribution in [1.82, 2.24) is 0 Å². The normalized spacial score (nSPS) is 12.9. The van der Waals surface area contributed by atoms with Crippen molar-refractivity contribution in [2.45, 2.75) is 187 Å². The largest absolute Gasteiger partial charge is 0.481 e. The number of ether oxygens (including phenoxy) is 1. The Labute approximate surface area is 278 Å². The highest BCUT2D eigenvalue weighted by atomic mass is 16.5. The third-order valence-electron chi connectivity index (χ3n) is 7.96. The summed E-state index contributed by atoms with van der Waals surface area (Å²) in [6.45, 7) is 4.42. The van der Waals surface area contributed by atoms with Crippen LogP contribution >= 0.6 is 0 Å². The molecular formula is C41H70O4. The third-order valence-corrected chi connectivity index (χ3v) is 7.96. The van der Waals surface area contributed by atoms with Crippen LogP contribution in [0.3, 0.4) is 0 Å². The molecule has 1 N–H and O–H groups in total. The van der Waals surface area contributed by atoms with Crippen molar-refractivity contribution in [3.05, 3.63) is 60.8 Å². The molecule has 1 atom stereocenters. The molecule has 1 unspecified atom stereocenters. The maximum absolute atomic E-state index is 12.6. The SMILES string of the molecule is CC/C=C\C/C=C\C/C=C\C/C=C\C(CCCCCCCC(=O)O)OC(=O)CCCCCCC/C=C\CCCCCCCCC. The Bertz CT molecular complexity index is 804. The molecule has 0 saturated heterocycles. The highest BCUT2D eigenvalue weighted by Crippen LogP contribution is 2.15. The molecule has 0 aliphatic rings. The van der Waals surface area contributed by atoms with Crippen LogP contribution in [0, 0.1) is 0 Å². The number of unbranched alkanes of at least 4 members (excludes halogenated alkanes) is 16. The first-order valence-electron chi connectivity index (χ1n) is 18.8. The summed E-state index contributed by atoms with van der Waals surface area (Å²) < 4.78 is 5.87. The second-order valence-corrected chi connectivity index (χ2v) is 12.4. The van der Waals surface area contributed by atoms with Crippen molar-refractivity contribution in [1.29, 1.82) is 0 Å². The van der Waals surface area contributed by atoms with Gasteiger partial charge in [0.05, 0.1) is 0 Å². The fraction of sp³-hybridized carbons (Fsp3) is 0.707. The Kier molecular flexibility index (Phi) is 34.2. The number of hydrogen-bond acceptors (Lipinski definition) is 3. The van der Waals surface area contributed by atoms with Crippen LogP contribution in [-0.2, 0) is 14.3 Å². The molecule has 0 amide bonds. The molecule has 0 fully saturated rings. The molecule has 0 aromatic carbocycles. The molecule has 45 heavy (non-hydrogen) atoms. The third kappa shape index (κ3) is 36.0. The minimum absolute atomic E-state index is 0.0859. The number of esters is 1. The summed E-state index contributed by atoms with van der Waals surface area (Å²) in [5, 5.41) is 8.79. The maximum atomic E-state index is 12.6. The van der Waals surface area contributed by atoms with E-state index in [9.17, 15) is 9.59 Å². The van der Waals surface area contributed by atoms with Crippen molar-refractivity contribution >= 4 is 11.9 Å². The molecule has 0 aliphatic heterocycles. The summed E-state index contributed by atoms with van der Waals surface area (Å²) in [6, 6.07) is 0. The molecule has 0 rings (SSSR count). The molecule has 0 bridgehead atoms. The van der Waals surface area contributed by atoms with Crippen molar-refractivity contribution in [2.75, 3.05) is 0 Å². The van der Waals surface area contributed by atoms with Crippen LogP contribution in [0.25, 0.3) is 0 Å². The van der Waals surface area contributed by atoms with Crippen LogP contribution in [0.15, 0.2) is 60.8 Å². The van der Waals surface area contributed by atoms with Crippen LogP contribution in [0.2, 0.25) is 0 Å². The summed E-state index contributed by atoms with van der Waals surface area (Å²) in [5.41, 5.74) is 0. The van der Waals surface area contributed by atoms with Gasteiger partial charge in [0.25, 0.3) is 0 Å². The van der Waals surface area contributed by atoms with Crippen LogP contribution < -0.4 is 0 Å². The topological polar surface area (TPSA) is 63.6 Å². The van der Waals surface area contributed by atoms with E-state index in [0.717, 1.165) is 77.0 Å². The molecule has 0 radical (unpaired) electrons. The smallest absolute Gasteiger partial charge is 0.306 e. The Morgan fingerprint density at radius 3 is 1.56 bits per heavy atom. The monoisotopic (exact) mass is 627 g/mol. The molecule has 0 spiro atoms. The lowest BCUT2D eigenvalue weighted by Crippen LogP contribution is -2.16. The van der Waals surface area contributed by atoms with Gasteiger partial charge in [0, 0.05) is 12.8 Å². The quantitative estimate of drug-likeness (QED) is 0.0447. The first kappa shape index (κ1) is 42.6. The Morgan fingerprint density at radius 1 is 0.533 bits per heavy atom. The number of carboxylic acids is 1. The number of aliphatic carboxylic acids is 1. The number of carboxylic acid groups (broad SMARTS) is 1. The number of allylic oxidation sites excluding steroid dienone is 9. The fourth-order valence-corrected chi connectivity index (χ4v) is 5.20. The minimum Gasteiger partial charge on any atom is -0.481 e. The predicted octanol–water partition coefficient (Wildman–Crippen LogP) is 12.9. The van der Waals surface area contributed by atoms with E-state index in [0.29, 0.717) is 6.42 Å². The molecule has 0 heterocycles. The highest BCUT2D eigenvalue weighted by Gasteiger charge is 2.11. The van der Waals surface area contributed by atoms with E-state index in [1.54, 1.807) is 0 Å². The standard InChI is InChI=1S/C41H70O4/c1-3-5-7-9-11-13-15-16-17-18-19-21-23-25-30-34-38-41(44)45-39(36-32-28-26-29-33-37-40(42)43)35-31-27-24-22-20-14-12-10-8-6-4-2/h6,8,12,14,17-18,22,24,31,35,39H,3-5,7,9-11,13,15-16,19-21,23,25-30,32-34,36-38H2,1-2H3,(H,42,43)/b8-6-,14-12-,18-17-,24-22-,35-31-. The molecule has 0 aliphatic carbocycles. The number of carbonyl (C=O) groups excluding carboxylic acids is 1. The van der Waals surface area contributed by atoms with Gasteiger partial charge in [-0.3, -0.25) is 9.59 Å². The van der Waals surface area contributed by atoms with Gasteiger partial charge >= 0.3 is 11.9 Å². The van der Waals surface area contributed by atoms with E-state index >= 15 is 0 Å². The lowest BCUT2D eigenvalue weighted by molar-refractivity contribution is -0.147. The molecule has 258 valence electrons. The second-order valence-electron chi connectivity index (χ2n) is 12.4. The molecule has 4 nitrogen and oxygen atoms in total. The summed E-state index contributed by atoms with van der Waals surface area (Å²) in [4.78, 5) is 23.3. The van der Waals surface area contributed by atoms with Gasteiger partial charge in [-0.25, -0.2) is 0 Å². The molecule has 0 aromatic heterocycles. The lowest BCUT2D eigenvalue weighted by atomic mass is 10.1. The lowest BCUT2D eigenvalue weighted by Gasteiger charge is -2.14. The van der Waals surface area contributed by atoms with E-state index in [-0.39, 0.29) is 18.5 Å². The van der Waals surface area contributed by atoms with Gasteiger partial charge in [-0.05, 0) is 83.1 Å². The van der Waals surface area contributed by atoms with E-state index in [2.05, 4.69) is 74.6 Å². The van der Waals surface area contributed by atoms with E-state index in [1.807, 2.05) is 0 Å². The summed E-state index contributed by atoms with van der Waals surface area (Å²) in [7, 11) is 0. The summed E-state index contributed by atoms with van der Waals surface area (Å²) in [6.07, 6.45) is 49.6. The Balaban J connectivity index is 4.18. The summed E-state index contributed by atoms with van der Waals surface area (Å²) >= 11 is 0. The van der Waals surface area contributed by atoms with Crippen molar-refractivity contribution in [3.63, 3.8) is 0 Å². The van der Waals surface area contributed by atoms with Gasteiger partial charge in [0.15, 0.2) is 0 Å². The van der Waals surface area contributed by atoms with Crippen molar-refractivity contribution in [2.24, 2.45) is 0 Å². The Morgan fingerprint density at radius 2 is 1.00 bits per heavy atom. The van der Waals surface area contributed by atoms with E-state index in [1.165, 1.54) is 77.0 Å². The van der Waals surface area contributed by atoms with Gasteiger partial charge in [0.1, 0.15) is 6.10 Å². The zero-order valence-corrected chi connectivity index (χ0v) is 29.4. The van der Waals surface area contributed by atoms with E-state index in [4.69, 9.17) is 9.84 Å². The zero-order chi connectivity index (χ0) is 32.9. The van der Waals surface area contributed by atoms with Crippen LogP contribution in [0.1, 0.15) is 181 Å². The minimum atomic E-state index is -0.720. The van der Waals surface area contributed by atoms with Gasteiger partial charge < -0.3 is 9.84 Å². The molecule has 0 saturated carbocycles. The predicted molar refractivity (Wildman–Crippen MR) is 195 cm³/mol. The fourth-order valence-electron chi connectivity index (χ4n) is 5.20. The van der Waals surface area contributed by atoms with Gasteiger partial charge in [-0.15, -0.1) is 0 Å². The number of hydrogen-bond donors (Lipinski definition) is 1. The second kappa shape index (κ2) is 36.1. The van der Waals surface area contributed by atoms with Crippen molar-refractivity contribution in [3.8, 4) is 0 Å². The first-order valence-corrected chi connectivity index (χ1v) is 18.8. The summed E-state index contributed by atoms with van der Waals surface area (Å²) in [5.74, 6) is -0.806. The van der Waals surface area contributed by atoms with Crippen LogP contribution in [0.5, 0.6) is 0 Å². The van der Waals surface area contributed by atoms with Gasteiger partial charge in [0.2, 0.25) is 0 Å². The van der Waals surface area contributed by atoms with E-state index < -0.39 is 5.97 Å². The average Bonchev–Trinajstić information content (AvgIpc) is 3.02. The number of rotatable bonds is 33. The molecule has 0 aromatic rings. The van der Waals surface area contributed by atoms with Crippen molar-refractivity contribution < 1.29 is 19.4 Å². The molecule has 4 heteroatoms. The van der Waals surface area contributed by atoms with Gasteiger partial charge in [-0.2, -0.15) is 0 Å². The van der Waals surface area contributed by atoms with Crippen LogP contribution in [-0.4, -0.2) is 23.1 Å². The molecular weight excluding hydrogens is 556 g/mol. The van der Waals surface area contributed by atoms with Gasteiger partial charge in [-0.1, -0.05) is 146 Å². The van der Waals surface area contributed by atoms with Crippen LogP contribution in [0.4, 0.5) is 0 Å². The highest BCUT2D eigenvalue weighted by molar-refractivity contribution is 5.69.